The van der Waals surface area contributed by atoms with Gasteiger partial charge in [-0.15, -0.1) is 0 Å². The minimum Gasteiger partial charge on any atom is -0.468 e. The van der Waals surface area contributed by atoms with Crippen molar-refractivity contribution in [1.82, 2.24) is 0 Å². The van der Waals surface area contributed by atoms with E-state index in [1.807, 2.05) is 26.0 Å². The summed E-state index contributed by atoms with van der Waals surface area (Å²) >= 11 is 0. The molecule has 0 spiro atoms. The number of hydrogen-bond donors (Lipinski definition) is 0. The van der Waals surface area contributed by atoms with E-state index in [9.17, 15) is 4.79 Å². The molecule has 1 aromatic rings. The van der Waals surface area contributed by atoms with Crippen molar-refractivity contribution in [2.75, 3.05) is 7.11 Å². The predicted molar refractivity (Wildman–Crippen MR) is 63.9 cm³/mol. The molecular formula is C14H16O2. The van der Waals surface area contributed by atoms with Crippen LogP contribution in [0.2, 0.25) is 0 Å². The molecule has 84 valence electrons. The van der Waals surface area contributed by atoms with Gasteiger partial charge in [-0.05, 0) is 37.0 Å². The second kappa shape index (κ2) is 3.78. The number of fused-ring (bicyclic) bond motifs is 1. The predicted octanol–water partition coefficient (Wildman–Crippen LogP) is 2.83. The Hall–Kier alpha value is -1.57. The fraction of sp³-hybridized carbons (Fsp3) is 0.357. The summed E-state index contributed by atoms with van der Waals surface area (Å²) in [5, 5.41) is 0. The van der Waals surface area contributed by atoms with E-state index in [0.29, 0.717) is 0 Å². The van der Waals surface area contributed by atoms with E-state index in [-0.39, 0.29) is 5.97 Å². The standard InChI is InChI=1S/C14H16O2/c1-14(2,13(15)16-3)12-8-10-6-4-5-7-11(10)9-12/h4-8H,9H2,1-3H3. The second-order valence-corrected chi connectivity index (χ2v) is 4.66. The first-order valence-corrected chi connectivity index (χ1v) is 5.43. The van der Waals surface area contributed by atoms with Crippen LogP contribution in [0.4, 0.5) is 0 Å². The maximum atomic E-state index is 11.7. The topological polar surface area (TPSA) is 26.3 Å². The lowest BCUT2D eigenvalue weighted by atomic mass is 9.83. The van der Waals surface area contributed by atoms with Gasteiger partial charge in [0.05, 0.1) is 12.5 Å². The zero-order valence-corrected chi connectivity index (χ0v) is 9.91. The van der Waals surface area contributed by atoms with Crippen molar-refractivity contribution in [3.05, 3.63) is 41.0 Å². The number of carbonyl (C=O) groups is 1. The maximum absolute atomic E-state index is 11.7. The highest BCUT2D eigenvalue weighted by Crippen LogP contribution is 2.37. The van der Waals surface area contributed by atoms with Crippen LogP contribution in [0.3, 0.4) is 0 Å². The van der Waals surface area contributed by atoms with Crippen LogP contribution in [0.25, 0.3) is 6.08 Å². The number of rotatable bonds is 2. The first-order valence-electron chi connectivity index (χ1n) is 5.43. The Morgan fingerprint density at radius 1 is 1.31 bits per heavy atom. The third-order valence-corrected chi connectivity index (χ3v) is 3.26. The van der Waals surface area contributed by atoms with Gasteiger partial charge in [0, 0.05) is 0 Å². The van der Waals surface area contributed by atoms with Crippen molar-refractivity contribution in [3.63, 3.8) is 0 Å². The average molecular weight is 216 g/mol. The summed E-state index contributed by atoms with van der Waals surface area (Å²) in [5.74, 6) is -0.174. The van der Waals surface area contributed by atoms with Gasteiger partial charge in [-0.3, -0.25) is 4.79 Å². The molecule has 2 heteroatoms. The van der Waals surface area contributed by atoms with E-state index in [2.05, 4.69) is 18.2 Å². The van der Waals surface area contributed by atoms with E-state index in [4.69, 9.17) is 4.74 Å². The van der Waals surface area contributed by atoms with Crippen molar-refractivity contribution in [2.45, 2.75) is 20.3 Å². The van der Waals surface area contributed by atoms with E-state index < -0.39 is 5.41 Å². The molecular weight excluding hydrogens is 200 g/mol. The molecule has 1 aromatic carbocycles. The summed E-state index contributed by atoms with van der Waals surface area (Å²) in [6.45, 7) is 3.83. The van der Waals surface area contributed by atoms with Crippen LogP contribution in [0.5, 0.6) is 0 Å². The van der Waals surface area contributed by atoms with Crippen LogP contribution in [-0.4, -0.2) is 13.1 Å². The van der Waals surface area contributed by atoms with Gasteiger partial charge >= 0.3 is 5.97 Å². The average Bonchev–Trinajstić information content (AvgIpc) is 2.72. The number of esters is 1. The zero-order chi connectivity index (χ0) is 11.8. The number of hydrogen-bond acceptors (Lipinski definition) is 2. The third-order valence-electron chi connectivity index (χ3n) is 3.26. The fourth-order valence-electron chi connectivity index (χ4n) is 2.07. The van der Waals surface area contributed by atoms with E-state index in [1.165, 1.54) is 18.2 Å². The van der Waals surface area contributed by atoms with Crippen LogP contribution < -0.4 is 0 Å². The van der Waals surface area contributed by atoms with E-state index >= 15 is 0 Å². The van der Waals surface area contributed by atoms with Crippen LogP contribution >= 0.6 is 0 Å². The number of ether oxygens (including phenoxy) is 1. The third kappa shape index (κ3) is 1.64. The van der Waals surface area contributed by atoms with Gasteiger partial charge in [0.15, 0.2) is 0 Å². The van der Waals surface area contributed by atoms with Gasteiger partial charge in [-0.1, -0.05) is 30.3 Å². The van der Waals surface area contributed by atoms with Crippen LogP contribution in [-0.2, 0) is 16.0 Å². The molecule has 0 unspecified atom stereocenters. The Morgan fingerprint density at radius 2 is 2.00 bits per heavy atom. The first kappa shape index (κ1) is 10.9. The Kier molecular flexibility index (Phi) is 2.58. The lowest BCUT2D eigenvalue weighted by Gasteiger charge is -2.23. The van der Waals surface area contributed by atoms with Crippen molar-refractivity contribution < 1.29 is 9.53 Å². The SMILES string of the molecule is COC(=O)C(C)(C)C1=Cc2ccccc2C1. The molecule has 0 N–H and O–H groups in total. The number of benzene rings is 1. The highest BCUT2D eigenvalue weighted by Gasteiger charge is 2.35. The molecule has 0 radical (unpaired) electrons. The number of methoxy groups -OCH3 is 1. The molecule has 0 saturated heterocycles. The molecule has 0 amide bonds. The quantitative estimate of drug-likeness (QED) is 0.710. The molecule has 1 aliphatic rings. The molecule has 0 aromatic heterocycles. The summed E-state index contributed by atoms with van der Waals surface area (Å²) in [6, 6.07) is 8.23. The summed E-state index contributed by atoms with van der Waals surface area (Å²) in [6.07, 6.45) is 2.95. The lowest BCUT2D eigenvalue weighted by molar-refractivity contribution is -0.148. The zero-order valence-electron chi connectivity index (χ0n) is 9.91. The molecule has 0 bridgehead atoms. The maximum Gasteiger partial charge on any atom is 0.315 e. The first-order chi connectivity index (χ1) is 7.55. The molecule has 0 fully saturated rings. The van der Waals surface area contributed by atoms with Crippen molar-refractivity contribution in [3.8, 4) is 0 Å². The molecule has 0 heterocycles. The molecule has 2 nitrogen and oxygen atoms in total. The Morgan fingerprint density at radius 3 is 2.62 bits per heavy atom. The Balaban J connectivity index is 2.32. The minimum absolute atomic E-state index is 0.174. The smallest absolute Gasteiger partial charge is 0.315 e. The van der Waals surface area contributed by atoms with Crippen LogP contribution in [0, 0.1) is 5.41 Å². The van der Waals surface area contributed by atoms with Gasteiger partial charge in [-0.25, -0.2) is 0 Å². The van der Waals surface area contributed by atoms with E-state index in [1.54, 1.807) is 0 Å². The molecule has 0 saturated carbocycles. The summed E-state index contributed by atoms with van der Waals surface area (Å²) in [4.78, 5) is 11.7. The molecule has 0 aliphatic heterocycles. The number of carbonyl (C=O) groups excluding carboxylic acids is 1. The molecule has 16 heavy (non-hydrogen) atoms. The summed E-state index contributed by atoms with van der Waals surface area (Å²) in [5.41, 5.74) is 3.10. The summed E-state index contributed by atoms with van der Waals surface area (Å²) in [7, 11) is 1.44. The largest absolute Gasteiger partial charge is 0.468 e. The van der Waals surface area contributed by atoms with Crippen molar-refractivity contribution in [1.29, 1.82) is 0 Å². The normalized spacial score (nSPS) is 14.3. The van der Waals surface area contributed by atoms with Gasteiger partial charge in [-0.2, -0.15) is 0 Å². The monoisotopic (exact) mass is 216 g/mol. The van der Waals surface area contributed by atoms with Gasteiger partial charge < -0.3 is 4.74 Å². The highest BCUT2D eigenvalue weighted by atomic mass is 16.5. The fourth-order valence-corrected chi connectivity index (χ4v) is 2.07. The molecule has 2 rings (SSSR count). The summed E-state index contributed by atoms with van der Waals surface area (Å²) < 4.78 is 4.85. The van der Waals surface area contributed by atoms with Gasteiger partial charge in [0.25, 0.3) is 0 Å². The lowest BCUT2D eigenvalue weighted by Crippen LogP contribution is -2.27. The van der Waals surface area contributed by atoms with Crippen LogP contribution in [0.1, 0.15) is 25.0 Å². The second-order valence-electron chi connectivity index (χ2n) is 4.66. The van der Waals surface area contributed by atoms with E-state index in [0.717, 1.165) is 12.0 Å². The van der Waals surface area contributed by atoms with Crippen molar-refractivity contribution >= 4 is 12.0 Å². The van der Waals surface area contributed by atoms with Gasteiger partial charge in [0.1, 0.15) is 0 Å². The Bertz CT molecular complexity index is 456. The van der Waals surface area contributed by atoms with Gasteiger partial charge in [0.2, 0.25) is 0 Å². The van der Waals surface area contributed by atoms with Crippen LogP contribution in [0.15, 0.2) is 29.8 Å². The molecule has 1 aliphatic carbocycles. The minimum atomic E-state index is -0.534. The molecule has 0 atom stereocenters. The Labute approximate surface area is 95.9 Å². The highest BCUT2D eigenvalue weighted by molar-refractivity contribution is 5.83. The van der Waals surface area contributed by atoms with Crippen molar-refractivity contribution in [2.24, 2.45) is 5.41 Å².